The molecule has 26 heavy (non-hydrogen) atoms. The lowest BCUT2D eigenvalue weighted by Crippen LogP contribution is -2.48. The van der Waals surface area contributed by atoms with E-state index in [0.717, 1.165) is 16.8 Å². The summed E-state index contributed by atoms with van der Waals surface area (Å²) in [6, 6.07) is 10.9. The average Bonchev–Trinajstić information content (AvgIpc) is 3.07. The molecule has 1 amide bonds. The zero-order valence-electron chi connectivity index (χ0n) is 14.3. The summed E-state index contributed by atoms with van der Waals surface area (Å²) < 4.78 is 10.7. The molecule has 2 aromatic carbocycles. The third-order valence-electron chi connectivity index (χ3n) is 4.71. The zero-order chi connectivity index (χ0) is 18.3. The van der Waals surface area contributed by atoms with Crippen molar-refractivity contribution in [3.05, 3.63) is 52.5 Å². The van der Waals surface area contributed by atoms with Gasteiger partial charge < -0.3 is 19.6 Å². The fraction of sp³-hybridized carbons (Fsp3) is 0.263. The van der Waals surface area contributed by atoms with E-state index in [2.05, 4.69) is 10.5 Å². The number of oxime groups is 1. The molecule has 2 aromatic rings. The van der Waals surface area contributed by atoms with Crippen LogP contribution in [0.2, 0.25) is 5.02 Å². The van der Waals surface area contributed by atoms with Crippen molar-refractivity contribution >= 4 is 28.9 Å². The fourth-order valence-electron chi connectivity index (χ4n) is 3.30. The molecule has 1 N–H and O–H groups in total. The number of ether oxygens (including phenoxy) is 2. The van der Waals surface area contributed by atoms with Crippen molar-refractivity contribution in [1.82, 2.24) is 0 Å². The summed E-state index contributed by atoms with van der Waals surface area (Å²) in [5, 5.41) is 7.72. The fourth-order valence-corrected chi connectivity index (χ4v) is 3.42. The lowest BCUT2D eigenvalue weighted by atomic mass is 9.84. The highest BCUT2D eigenvalue weighted by atomic mass is 35.5. The summed E-state index contributed by atoms with van der Waals surface area (Å²) in [6.07, 6.45) is 0.781. The minimum atomic E-state index is -1.05. The van der Waals surface area contributed by atoms with Crippen molar-refractivity contribution in [3.63, 3.8) is 0 Å². The van der Waals surface area contributed by atoms with Crippen molar-refractivity contribution in [2.45, 2.75) is 18.4 Å². The summed E-state index contributed by atoms with van der Waals surface area (Å²) in [4.78, 5) is 18.4. The van der Waals surface area contributed by atoms with Gasteiger partial charge in [-0.05, 0) is 29.3 Å². The molecule has 1 atom stereocenters. The van der Waals surface area contributed by atoms with Gasteiger partial charge in [-0.15, -0.1) is 0 Å². The highest BCUT2D eigenvalue weighted by Crippen LogP contribution is 2.41. The van der Waals surface area contributed by atoms with Gasteiger partial charge in [-0.25, -0.2) is 0 Å². The van der Waals surface area contributed by atoms with Crippen LogP contribution in [0.25, 0.3) is 0 Å². The van der Waals surface area contributed by atoms with Crippen molar-refractivity contribution in [1.29, 1.82) is 0 Å². The van der Waals surface area contributed by atoms with Gasteiger partial charge >= 0.3 is 0 Å². The van der Waals surface area contributed by atoms with Gasteiger partial charge in [-0.3, -0.25) is 4.79 Å². The minimum absolute atomic E-state index is 0.218. The molecule has 6 nitrogen and oxygen atoms in total. The Morgan fingerprint density at radius 1 is 1.12 bits per heavy atom. The molecule has 2 aliphatic rings. The molecule has 0 fully saturated rings. The summed E-state index contributed by atoms with van der Waals surface area (Å²) in [5.74, 6) is 0.951. The Morgan fingerprint density at radius 2 is 1.81 bits per heavy atom. The lowest BCUT2D eigenvalue weighted by molar-refractivity contribution is -0.138. The largest absolute Gasteiger partial charge is 0.493 e. The zero-order valence-corrected chi connectivity index (χ0v) is 15.1. The summed E-state index contributed by atoms with van der Waals surface area (Å²) in [7, 11) is 3.14. The summed E-state index contributed by atoms with van der Waals surface area (Å²) >= 11 is 5.94. The van der Waals surface area contributed by atoms with E-state index >= 15 is 0 Å². The molecule has 2 heterocycles. The Kier molecular flexibility index (Phi) is 4.00. The SMILES string of the molecule is COc1cc2c(cc1OC)NC(=O)C1(CC(c3ccc(Cl)cc3)=NO1)C2. The highest BCUT2D eigenvalue weighted by molar-refractivity contribution is 6.30. The quantitative estimate of drug-likeness (QED) is 0.896. The Hall–Kier alpha value is -2.73. The van der Waals surface area contributed by atoms with E-state index in [-0.39, 0.29) is 5.91 Å². The van der Waals surface area contributed by atoms with Crippen LogP contribution in [0.4, 0.5) is 5.69 Å². The van der Waals surface area contributed by atoms with Crippen LogP contribution in [0, 0.1) is 0 Å². The van der Waals surface area contributed by atoms with E-state index in [9.17, 15) is 4.79 Å². The molecule has 0 aliphatic carbocycles. The average molecular weight is 373 g/mol. The first kappa shape index (κ1) is 16.7. The second-order valence-electron chi connectivity index (χ2n) is 6.30. The van der Waals surface area contributed by atoms with Gasteiger partial charge in [0.2, 0.25) is 5.60 Å². The maximum atomic E-state index is 12.8. The molecular weight excluding hydrogens is 356 g/mol. The van der Waals surface area contributed by atoms with Gasteiger partial charge in [0, 0.05) is 29.6 Å². The summed E-state index contributed by atoms with van der Waals surface area (Å²) in [6.45, 7) is 0. The van der Waals surface area contributed by atoms with Crippen LogP contribution in [0.15, 0.2) is 41.6 Å². The van der Waals surface area contributed by atoms with Crippen LogP contribution >= 0.6 is 11.6 Å². The number of carbonyl (C=O) groups excluding carboxylic acids is 1. The van der Waals surface area contributed by atoms with E-state index in [1.54, 1.807) is 32.4 Å². The molecule has 0 radical (unpaired) electrons. The van der Waals surface area contributed by atoms with Crippen molar-refractivity contribution < 1.29 is 19.1 Å². The molecule has 0 saturated carbocycles. The number of halogens is 1. The lowest BCUT2D eigenvalue weighted by Gasteiger charge is -2.31. The van der Waals surface area contributed by atoms with Crippen LogP contribution in [0.3, 0.4) is 0 Å². The predicted molar refractivity (Wildman–Crippen MR) is 98.3 cm³/mol. The second-order valence-corrected chi connectivity index (χ2v) is 6.74. The van der Waals surface area contributed by atoms with Crippen LogP contribution in [-0.2, 0) is 16.1 Å². The van der Waals surface area contributed by atoms with Crippen molar-refractivity contribution in [2.24, 2.45) is 5.16 Å². The topological polar surface area (TPSA) is 69.2 Å². The van der Waals surface area contributed by atoms with Gasteiger partial charge in [0.15, 0.2) is 11.5 Å². The standard InChI is InChI=1S/C19H17ClN2O4/c1-24-16-7-12-9-19(18(23)21-14(12)8-17(16)25-2)10-15(22-26-19)11-3-5-13(20)6-4-11/h3-8H,9-10H2,1-2H3,(H,21,23). The normalized spacial score (nSPS) is 20.9. The maximum absolute atomic E-state index is 12.8. The van der Waals surface area contributed by atoms with E-state index in [4.69, 9.17) is 25.9 Å². The van der Waals surface area contributed by atoms with Gasteiger partial charge in [0.05, 0.1) is 19.9 Å². The van der Waals surface area contributed by atoms with Gasteiger partial charge in [0.1, 0.15) is 0 Å². The molecule has 134 valence electrons. The van der Waals surface area contributed by atoms with E-state index in [0.29, 0.717) is 35.1 Å². The van der Waals surface area contributed by atoms with Crippen molar-refractivity contribution in [3.8, 4) is 11.5 Å². The van der Waals surface area contributed by atoms with Crippen LogP contribution in [0.1, 0.15) is 17.5 Å². The minimum Gasteiger partial charge on any atom is -0.493 e. The molecule has 7 heteroatoms. The number of carbonyl (C=O) groups is 1. The molecule has 4 rings (SSSR count). The number of benzene rings is 2. The molecule has 1 unspecified atom stereocenters. The number of rotatable bonds is 3. The van der Waals surface area contributed by atoms with E-state index in [1.165, 1.54) is 0 Å². The maximum Gasteiger partial charge on any atom is 0.272 e. The van der Waals surface area contributed by atoms with Gasteiger partial charge in [-0.2, -0.15) is 0 Å². The van der Waals surface area contributed by atoms with E-state index in [1.807, 2.05) is 18.2 Å². The van der Waals surface area contributed by atoms with Crippen LogP contribution in [0.5, 0.6) is 11.5 Å². The number of hydrogen-bond acceptors (Lipinski definition) is 5. The molecule has 0 aromatic heterocycles. The third-order valence-corrected chi connectivity index (χ3v) is 4.96. The number of methoxy groups -OCH3 is 2. The highest BCUT2D eigenvalue weighted by Gasteiger charge is 2.50. The van der Waals surface area contributed by atoms with Crippen molar-refractivity contribution in [2.75, 3.05) is 19.5 Å². The van der Waals surface area contributed by atoms with Gasteiger partial charge in [0.25, 0.3) is 5.91 Å². The molecule has 2 aliphatic heterocycles. The van der Waals surface area contributed by atoms with Crippen LogP contribution in [-0.4, -0.2) is 31.4 Å². The molecule has 0 bridgehead atoms. The number of hydrogen-bond donors (Lipinski definition) is 1. The Morgan fingerprint density at radius 3 is 2.50 bits per heavy atom. The number of amides is 1. The Bertz CT molecular complexity index is 911. The predicted octanol–water partition coefficient (Wildman–Crippen LogP) is 3.42. The smallest absolute Gasteiger partial charge is 0.272 e. The second kappa shape index (κ2) is 6.21. The number of anilines is 1. The first-order chi connectivity index (χ1) is 12.5. The Balaban J connectivity index is 1.64. The number of nitrogens with one attached hydrogen (secondary N) is 1. The van der Waals surface area contributed by atoms with Gasteiger partial charge in [-0.1, -0.05) is 28.9 Å². The molecule has 1 spiro atoms. The Labute approximate surface area is 155 Å². The van der Waals surface area contributed by atoms with E-state index < -0.39 is 5.60 Å². The monoisotopic (exact) mass is 372 g/mol. The number of fused-ring (bicyclic) bond motifs is 1. The third kappa shape index (κ3) is 2.66. The first-order valence-corrected chi connectivity index (χ1v) is 8.50. The first-order valence-electron chi connectivity index (χ1n) is 8.12. The molecule has 0 saturated heterocycles. The van der Waals surface area contributed by atoms with Crippen LogP contribution < -0.4 is 14.8 Å². The number of nitrogens with zero attached hydrogens (tertiary/aromatic N) is 1. The molecular formula is C19H17ClN2O4. The summed E-state index contributed by atoms with van der Waals surface area (Å²) in [5.41, 5.74) is 2.16.